The minimum atomic E-state index is -0.305. The Balaban J connectivity index is 1.92. The number of nitrogens with zero attached hydrogens (tertiary/aromatic N) is 2. The number of aliphatic hydroxyl groups excluding tert-OH is 1. The van der Waals surface area contributed by atoms with E-state index in [-0.39, 0.29) is 18.6 Å². The van der Waals surface area contributed by atoms with Crippen LogP contribution in [0.5, 0.6) is 0 Å². The Morgan fingerprint density at radius 3 is 2.74 bits per heavy atom. The number of morpholine rings is 1. The lowest BCUT2D eigenvalue weighted by Crippen LogP contribution is -2.40. The summed E-state index contributed by atoms with van der Waals surface area (Å²) in [6.45, 7) is 2.36. The zero-order valence-corrected chi connectivity index (χ0v) is 16.2. The van der Waals surface area contributed by atoms with Crippen LogP contribution in [0.25, 0.3) is 11.3 Å². The standard InChI is InChI=1S/C19H25N3O4S/c1-27-12-7-15(13-23)20-19(24)16-17(14-5-3-2-4-6-14)26-21-18(16)22-8-10-25-11-9-22/h2-6,15,23H,7-13H2,1H3,(H,20,24)/t15-/m0/s1. The van der Waals surface area contributed by atoms with Crippen LogP contribution in [0.15, 0.2) is 34.9 Å². The van der Waals surface area contributed by atoms with Gasteiger partial charge in [-0.15, -0.1) is 0 Å². The van der Waals surface area contributed by atoms with E-state index in [1.165, 1.54) is 0 Å². The highest BCUT2D eigenvalue weighted by molar-refractivity contribution is 7.98. The summed E-state index contributed by atoms with van der Waals surface area (Å²) in [5, 5.41) is 16.7. The van der Waals surface area contributed by atoms with Gasteiger partial charge in [0, 0.05) is 18.7 Å². The third-order valence-electron chi connectivity index (χ3n) is 4.47. The second-order valence-corrected chi connectivity index (χ2v) is 7.30. The van der Waals surface area contributed by atoms with E-state index in [2.05, 4.69) is 10.5 Å². The fourth-order valence-corrected chi connectivity index (χ4v) is 3.51. The van der Waals surface area contributed by atoms with Crippen LogP contribution in [-0.2, 0) is 4.74 Å². The van der Waals surface area contributed by atoms with Gasteiger partial charge in [-0.05, 0) is 18.4 Å². The Hall–Kier alpha value is -2.03. The molecule has 0 radical (unpaired) electrons. The molecule has 1 saturated heterocycles. The highest BCUT2D eigenvalue weighted by Gasteiger charge is 2.29. The van der Waals surface area contributed by atoms with E-state index in [0.29, 0.717) is 49.9 Å². The number of hydrogen-bond acceptors (Lipinski definition) is 7. The highest BCUT2D eigenvalue weighted by Crippen LogP contribution is 2.31. The summed E-state index contributed by atoms with van der Waals surface area (Å²) in [6, 6.07) is 9.16. The zero-order chi connectivity index (χ0) is 19.1. The van der Waals surface area contributed by atoms with Crippen molar-refractivity contribution in [2.24, 2.45) is 0 Å². The highest BCUT2D eigenvalue weighted by atomic mass is 32.2. The first-order valence-electron chi connectivity index (χ1n) is 9.03. The summed E-state index contributed by atoms with van der Waals surface area (Å²) in [5.41, 5.74) is 1.20. The molecular weight excluding hydrogens is 366 g/mol. The summed E-state index contributed by atoms with van der Waals surface area (Å²) in [6.07, 6.45) is 2.70. The van der Waals surface area contributed by atoms with E-state index < -0.39 is 0 Å². The van der Waals surface area contributed by atoms with Gasteiger partial charge in [-0.2, -0.15) is 11.8 Å². The molecule has 1 aromatic carbocycles. The fraction of sp³-hybridized carbons (Fsp3) is 0.474. The van der Waals surface area contributed by atoms with Crippen LogP contribution in [-0.4, -0.2) is 67.1 Å². The van der Waals surface area contributed by atoms with Gasteiger partial charge >= 0.3 is 0 Å². The molecule has 3 rings (SSSR count). The van der Waals surface area contributed by atoms with E-state index >= 15 is 0 Å². The number of aliphatic hydroxyl groups is 1. The van der Waals surface area contributed by atoms with E-state index in [4.69, 9.17) is 9.26 Å². The monoisotopic (exact) mass is 391 g/mol. The number of ether oxygens (including phenoxy) is 1. The largest absolute Gasteiger partial charge is 0.394 e. The van der Waals surface area contributed by atoms with Crippen molar-refractivity contribution < 1.29 is 19.2 Å². The van der Waals surface area contributed by atoms with Gasteiger partial charge in [0.05, 0.1) is 25.9 Å². The van der Waals surface area contributed by atoms with Crippen LogP contribution in [0.4, 0.5) is 5.82 Å². The molecule has 0 aliphatic carbocycles. The number of thioether (sulfide) groups is 1. The smallest absolute Gasteiger partial charge is 0.259 e. The van der Waals surface area contributed by atoms with Gasteiger partial charge in [0.25, 0.3) is 5.91 Å². The van der Waals surface area contributed by atoms with Gasteiger partial charge in [0.2, 0.25) is 0 Å². The van der Waals surface area contributed by atoms with Gasteiger partial charge in [-0.25, -0.2) is 0 Å². The van der Waals surface area contributed by atoms with Crippen molar-refractivity contribution in [1.82, 2.24) is 10.5 Å². The normalized spacial score (nSPS) is 15.6. The molecule has 1 aliphatic heterocycles. The molecule has 8 heteroatoms. The average molecular weight is 391 g/mol. The van der Waals surface area contributed by atoms with E-state index in [1.807, 2.05) is 41.5 Å². The molecule has 2 heterocycles. The maximum absolute atomic E-state index is 13.1. The molecule has 2 N–H and O–H groups in total. The van der Waals surface area contributed by atoms with Crippen LogP contribution < -0.4 is 10.2 Å². The van der Waals surface area contributed by atoms with Crippen molar-refractivity contribution >= 4 is 23.5 Å². The van der Waals surface area contributed by atoms with Crippen molar-refractivity contribution in [3.63, 3.8) is 0 Å². The minimum absolute atomic E-state index is 0.106. The lowest BCUT2D eigenvalue weighted by molar-refractivity contribution is 0.0914. The molecule has 1 amide bonds. The van der Waals surface area contributed by atoms with Crippen molar-refractivity contribution in [2.75, 3.05) is 49.8 Å². The first-order chi connectivity index (χ1) is 13.2. The SMILES string of the molecule is CSCC[C@@H](CO)NC(=O)c1c(N2CCOCC2)noc1-c1ccccc1. The van der Waals surface area contributed by atoms with Crippen molar-refractivity contribution in [3.05, 3.63) is 35.9 Å². The van der Waals surface area contributed by atoms with Crippen LogP contribution in [0.1, 0.15) is 16.8 Å². The minimum Gasteiger partial charge on any atom is -0.394 e. The third-order valence-corrected chi connectivity index (χ3v) is 5.12. The molecule has 1 aromatic heterocycles. The fourth-order valence-electron chi connectivity index (χ4n) is 2.99. The molecule has 2 aromatic rings. The topological polar surface area (TPSA) is 87.8 Å². The summed E-state index contributed by atoms with van der Waals surface area (Å²) >= 11 is 1.68. The Kier molecular flexibility index (Phi) is 7.14. The van der Waals surface area contributed by atoms with Crippen LogP contribution in [0.3, 0.4) is 0 Å². The molecule has 1 fully saturated rings. The van der Waals surface area contributed by atoms with Crippen molar-refractivity contribution in [2.45, 2.75) is 12.5 Å². The number of amides is 1. The quantitative estimate of drug-likeness (QED) is 0.712. The summed E-state index contributed by atoms with van der Waals surface area (Å²) < 4.78 is 11.0. The second-order valence-electron chi connectivity index (χ2n) is 6.31. The summed E-state index contributed by atoms with van der Waals surface area (Å²) in [4.78, 5) is 15.1. The molecule has 7 nitrogen and oxygen atoms in total. The lowest BCUT2D eigenvalue weighted by Gasteiger charge is -2.27. The van der Waals surface area contributed by atoms with Gasteiger partial charge in [0.1, 0.15) is 5.56 Å². The van der Waals surface area contributed by atoms with Gasteiger partial charge in [0.15, 0.2) is 11.6 Å². The maximum atomic E-state index is 13.1. The molecule has 27 heavy (non-hydrogen) atoms. The molecule has 0 spiro atoms. The maximum Gasteiger partial charge on any atom is 0.259 e. The van der Waals surface area contributed by atoms with Crippen LogP contribution in [0, 0.1) is 0 Å². The number of aromatic nitrogens is 1. The lowest BCUT2D eigenvalue weighted by atomic mass is 10.1. The number of anilines is 1. The van der Waals surface area contributed by atoms with E-state index in [9.17, 15) is 9.90 Å². The number of nitrogens with one attached hydrogen (secondary N) is 1. The number of rotatable bonds is 8. The Bertz CT molecular complexity index is 732. The predicted molar refractivity (Wildman–Crippen MR) is 106 cm³/mol. The van der Waals surface area contributed by atoms with Gasteiger partial charge in [-0.1, -0.05) is 35.5 Å². The average Bonchev–Trinajstić information content (AvgIpc) is 3.17. The second kappa shape index (κ2) is 9.77. The van der Waals surface area contributed by atoms with Crippen LogP contribution >= 0.6 is 11.8 Å². The van der Waals surface area contributed by atoms with E-state index in [1.54, 1.807) is 11.8 Å². The zero-order valence-electron chi connectivity index (χ0n) is 15.4. The Morgan fingerprint density at radius 1 is 1.33 bits per heavy atom. The van der Waals surface area contributed by atoms with Gasteiger partial charge < -0.3 is 24.6 Å². The molecule has 0 bridgehead atoms. The number of benzene rings is 1. The van der Waals surface area contributed by atoms with E-state index in [0.717, 1.165) is 11.3 Å². The third kappa shape index (κ3) is 4.82. The first kappa shape index (κ1) is 19.7. The molecule has 1 atom stereocenters. The van der Waals surface area contributed by atoms with Gasteiger partial charge in [-0.3, -0.25) is 4.79 Å². The van der Waals surface area contributed by atoms with Crippen LogP contribution in [0.2, 0.25) is 0 Å². The molecule has 0 saturated carbocycles. The predicted octanol–water partition coefficient (Wildman–Crippen LogP) is 2.02. The Labute approximate surface area is 163 Å². The number of hydrogen-bond donors (Lipinski definition) is 2. The molecule has 146 valence electrons. The molecular formula is C19H25N3O4S. The van der Waals surface area contributed by atoms with Crippen molar-refractivity contribution in [3.8, 4) is 11.3 Å². The first-order valence-corrected chi connectivity index (χ1v) is 10.4. The Morgan fingerprint density at radius 2 is 2.07 bits per heavy atom. The molecule has 0 unspecified atom stereocenters. The summed E-state index contributed by atoms with van der Waals surface area (Å²) in [5.74, 6) is 1.54. The summed E-state index contributed by atoms with van der Waals surface area (Å²) in [7, 11) is 0. The molecule has 1 aliphatic rings. The number of carbonyl (C=O) groups excluding carboxylic acids is 1. The number of carbonyl (C=O) groups is 1. The van der Waals surface area contributed by atoms with Crippen molar-refractivity contribution in [1.29, 1.82) is 0 Å².